The van der Waals surface area contributed by atoms with Crippen LogP contribution in [0.3, 0.4) is 0 Å². The molecule has 4 heterocycles. The topological polar surface area (TPSA) is 92.2 Å². The number of nitrogens with one attached hydrogen (secondary N) is 2. The summed E-state index contributed by atoms with van der Waals surface area (Å²) in [6.45, 7) is 4.79. The molecular weight excluding hydrogens is 406 g/mol. The third-order valence-electron chi connectivity index (χ3n) is 4.91. The number of halogens is 1. The fourth-order valence-electron chi connectivity index (χ4n) is 3.38. The highest BCUT2D eigenvalue weighted by Gasteiger charge is 2.17. The van der Waals surface area contributed by atoms with Gasteiger partial charge in [-0.15, -0.1) is 0 Å². The Hall–Kier alpha value is -3.10. The molecule has 2 N–H and O–H groups in total. The quantitative estimate of drug-likeness (QED) is 0.646. The standard InChI is InChI=1S/C21H22ClN5O3/c1-14-12-26(9-7-23-14)19-5-4-18(21(29)25-19)27-8-6-17(10-20(27)28)30-13-16-3-2-15(22)11-24-16/h2-6,8,10-11,14,23H,7,9,12-13H2,1H3,(H,25,29)/t14-/m0/s1. The van der Waals surface area contributed by atoms with Crippen LogP contribution in [0.15, 0.2) is 58.4 Å². The number of hydrogen-bond donors (Lipinski definition) is 2. The van der Waals surface area contributed by atoms with E-state index in [2.05, 4.69) is 27.1 Å². The Morgan fingerprint density at radius 3 is 2.80 bits per heavy atom. The van der Waals surface area contributed by atoms with E-state index in [-0.39, 0.29) is 23.4 Å². The van der Waals surface area contributed by atoms with Gasteiger partial charge in [0.2, 0.25) is 0 Å². The van der Waals surface area contributed by atoms with Gasteiger partial charge in [0.1, 0.15) is 23.9 Å². The number of piperazine rings is 1. The molecule has 156 valence electrons. The fourth-order valence-corrected chi connectivity index (χ4v) is 3.49. The Balaban J connectivity index is 1.50. The molecule has 0 aromatic carbocycles. The van der Waals surface area contributed by atoms with Gasteiger partial charge in [0, 0.05) is 44.1 Å². The van der Waals surface area contributed by atoms with Gasteiger partial charge in [-0.3, -0.25) is 19.1 Å². The van der Waals surface area contributed by atoms with E-state index >= 15 is 0 Å². The number of pyridine rings is 3. The monoisotopic (exact) mass is 427 g/mol. The van der Waals surface area contributed by atoms with E-state index in [1.54, 1.807) is 24.3 Å². The molecule has 30 heavy (non-hydrogen) atoms. The SMILES string of the molecule is C[C@H]1CN(c2ccc(-n3ccc(OCc4ccc(Cl)cn4)cc3=O)c(=O)[nH]2)CCN1. The minimum atomic E-state index is -0.356. The Bertz CT molecular complexity index is 1140. The maximum absolute atomic E-state index is 12.6. The lowest BCUT2D eigenvalue weighted by molar-refractivity contribution is 0.300. The lowest BCUT2D eigenvalue weighted by Crippen LogP contribution is -2.49. The summed E-state index contributed by atoms with van der Waals surface area (Å²) in [5.74, 6) is 1.15. The van der Waals surface area contributed by atoms with Crippen molar-refractivity contribution in [3.05, 3.63) is 80.2 Å². The molecule has 8 nitrogen and oxygen atoms in total. The highest BCUT2D eigenvalue weighted by atomic mass is 35.5. The van der Waals surface area contributed by atoms with Gasteiger partial charge in [-0.1, -0.05) is 11.6 Å². The summed E-state index contributed by atoms with van der Waals surface area (Å²) in [7, 11) is 0. The van der Waals surface area contributed by atoms with Crippen LogP contribution in [0.1, 0.15) is 12.6 Å². The van der Waals surface area contributed by atoms with Crippen molar-refractivity contribution in [1.29, 1.82) is 0 Å². The van der Waals surface area contributed by atoms with Gasteiger partial charge in [-0.05, 0) is 37.3 Å². The van der Waals surface area contributed by atoms with Crippen LogP contribution >= 0.6 is 11.6 Å². The van der Waals surface area contributed by atoms with Crippen molar-refractivity contribution in [3.63, 3.8) is 0 Å². The van der Waals surface area contributed by atoms with Crippen LogP contribution < -0.4 is 26.1 Å². The summed E-state index contributed by atoms with van der Waals surface area (Å²) in [5, 5.41) is 3.91. The number of ether oxygens (including phenoxy) is 1. The molecule has 1 aliphatic rings. The molecule has 0 aliphatic carbocycles. The first-order valence-electron chi connectivity index (χ1n) is 9.67. The van der Waals surface area contributed by atoms with Gasteiger partial charge in [0.15, 0.2) is 0 Å². The van der Waals surface area contributed by atoms with E-state index < -0.39 is 0 Å². The minimum Gasteiger partial charge on any atom is -0.487 e. The summed E-state index contributed by atoms with van der Waals surface area (Å²) in [6, 6.07) is 10.3. The molecule has 9 heteroatoms. The van der Waals surface area contributed by atoms with Gasteiger partial charge in [-0.2, -0.15) is 0 Å². The van der Waals surface area contributed by atoms with Crippen molar-refractivity contribution >= 4 is 17.4 Å². The van der Waals surface area contributed by atoms with Crippen LogP contribution in [0.4, 0.5) is 5.82 Å². The van der Waals surface area contributed by atoms with Crippen LogP contribution in [0.2, 0.25) is 5.02 Å². The normalized spacial score (nSPS) is 16.5. The van der Waals surface area contributed by atoms with Crippen molar-refractivity contribution in [2.24, 2.45) is 0 Å². The van der Waals surface area contributed by atoms with E-state index in [0.29, 0.717) is 22.5 Å². The first kappa shape index (κ1) is 20.2. The van der Waals surface area contributed by atoms with Crippen LogP contribution in [-0.2, 0) is 6.61 Å². The molecule has 3 aromatic heterocycles. The zero-order valence-electron chi connectivity index (χ0n) is 16.5. The number of aromatic amines is 1. The molecule has 4 rings (SSSR count). The highest BCUT2D eigenvalue weighted by molar-refractivity contribution is 6.30. The highest BCUT2D eigenvalue weighted by Crippen LogP contribution is 2.14. The molecule has 0 unspecified atom stereocenters. The minimum absolute atomic E-state index is 0.207. The van der Waals surface area contributed by atoms with Crippen molar-refractivity contribution in [2.75, 3.05) is 24.5 Å². The average molecular weight is 428 g/mol. The summed E-state index contributed by atoms with van der Waals surface area (Å²) >= 11 is 5.82. The largest absolute Gasteiger partial charge is 0.487 e. The van der Waals surface area contributed by atoms with E-state index in [1.165, 1.54) is 23.0 Å². The average Bonchev–Trinajstić information content (AvgIpc) is 2.74. The van der Waals surface area contributed by atoms with Gasteiger partial charge in [0.05, 0.1) is 10.7 Å². The number of H-pyrrole nitrogens is 1. The number of aromatic nitrogens is 3. The summed E-state index contributed by atoms with van der Waals surface area (Å²) in [4.78, 5) is 34.4. The Kier molecular flexibility index (Phi) is 5.87. The molecular formula is C21H22ClN5O3. The first-order chi connectivity index (χ1) is 14.5. The van der Waals surface area contributed by atoms with Gasteiger partial charge in [-0.25, -0.2) is 0 Å². The lowest BCUT2D eigenvalue weighted by Gasteiger charge is -2.33. The van der Waals surface area contributed by atoms with Crippen LogP contribution in [0.25, 0.3) is 5.69 Å². The summed E-state index contributed by atoms with van der Waals surface area (Å²) in [5.41, 5.74) is 0.279. The van der Waals surface area contributed by atoms with Crippen LogP contribution in [-0.4, -0.2) is 40.2 Å². The number of anilines is 1. The molecule has 0 spiro atoms. The molecule has 3 aromatic rings. The molecule has 1 aliphatic heterocycles. The second-order valence-corrected chi connectivity index (χ2v) is 7.62. The van der Waals surface area contributed by atoms with Crippen molar-refractivity contribution in [3.8, 4) is 11.4 Å². The maximum atomic E-state index is 12.6. The second kappa shape index (κ2) is 8.73. The molecule has 1 fully saturated rings. The maximum Gasteiger partial charge on any atom is 0.273 e. The number of hydrogen-bond acceptors (Lipinski definition) is 6. The Labute approximate surface area is 178 Å². The van der Waals surface area contributed by atoms with Crippen molar-refractivity contribution in [1.82, 2.24) is 19.9 Å². The lowest BCUT2D eigenvalue weighted by atomic mass is 10.2. The van der Waals surface area contributed by atoms with Crippen LogP contribution in [0.5, 0.6) is 5.75 Å². The van der Waals surface area contributed by atoms with E-state index in [9.17, 15) is 9.59 Å². The van der Waals surface area contributed by atoms with E-state index in [4.69, 9.17) is 16.3 Å². The number of nitrogens with zero attached hydrogens (tertiary/aromatic N) is 3. The predicted molar refractivity (Wildman–Crippen MR) is 116 cm³/mol. The smallest absolute Gasteiger partial charge is 0.273 e. The third kappa shape index (κ3) is 4.55. The summed E-state index contributed by atoms with van der Waals surface area (Å²) in [6.07, 6.45) is 3.07. The third-order valence-corrected chi connectivity index (χ3v) is 5.13. The first-order valence-corrected chi connectivity index (χ1v) is 10.1. The Morgan fingerprint density at radius 1 is 1.23 bits per heavy atom. The van der Waals surface area contributed by atoms with Gasteiger partial charge < -0.3 is 19.9 Å². The van der Waals surface area contributed by atoms with Gasteiger partial charge >= 0.3 is 0 Å². The van der Waals surface area contributed by atoms with Crippen LogP contribution in [0, 0.1) is 0 Å². The summed E-state index contributed by atoms with van der Waals surface area (Å²) < 4.78 is 6.93. The molecule has 1 saturated heterocycles. The van der Waals surface area contributed by atoms with Crippen molar-refractivity contribution < 1.29 is 4.74 Å². The van der Waals surface area contributed by atoms with Gasteiger partial charge in [0.25, 0.3) is 11.1 Å². The molecule has 0 bridgehead atoms. The second-order valence-electron chi connectivity index (χ2n) is 7.19. The zero-order valence-corrected chi connectivity index (χ0v) is 17.2. The molecule has 0 radical (unpaired) electrons. The van der Waals surface area contributed by atoms with E-state index in [0.717, 1.165) is 25.5 Å². The molecule has 0 saturated carbocycles. The predicted octanol–water partition coefficient (Wildman–Crippen LogP) is 1.95. The molecule has 1 atom stereocenters. The number of rotatable bonds is 5. The fraction of sp³-hybridized carbons (Fsp3) is 0.286. The van der Waals surface area contributed by atoms with E-state index in [1.807, 2.05) is 6.07 Å². The van der Waals surface area contributed by atoms with Crippen molar-refractivity contribution in [2.45, 2.75) is 19.6 Å². The molecule has 0 amide bonds. The Morgan fingerprint density at radius 2 is 2.10 bits per heavy atom. The zero-order chi connectivity index (χ0) is 21.1.